The second-order valence-electron chi connectivity index (χ2n) is 5.40. The summed E-state index contributed by atoms with van der Waals surface area (Å²) < 4.78 is 37.4. The van der Waals surface area contributed by atoms with Gasteiger partial charge < -0.3 is 14.6 Å². The van der Waals surface area contributed by atoms with Gasteiger partial charge >= 0.3 is 5.97 Å². The molecular weight excluding hydrogens is 344 g/mol. The fraction of sp³-hybridized carbons (Fsp3) is 0.462. The van der Waals surface area contributed by atoms with E-state index in [-0.39, 0.29) is 24.7 Å². The average Bonchev–Trinajstić information content (AvgIpc) is 2.50. The zero-order valence-electron chi connectivity index (χ0n) is 12.9. The lowest BCUT2D eigenvalue weighted by atomic mass is 10.1. The van der Waals surface area contributed by atoms with Crippen LogP contribution in [0, 0.1) is 16.0 Å². The standard InChI is InChI=1S/C13H16N2O8S/c1-7(2)12(13(16)17)14-24(20,21)11-6-10-9(22-3-4-23-10)5-8(11)15(18)19/h5-7,12,14H,3-4H2,1-2H3,(H,16,17)/t12-/m1/s1. The molecule has 24 heavy (non-hydrogen) atoms. The Morgan fingerprint density at radius 2 is 1.83 bits per heavy atom. The molecule has 0 radical (unpaired) electrons. The van der Waals surface area contributed by atoms with Crippen LogP contribution in [-0.4, -0.2) is 43.7 Å². The zero-order chi connectivity index (χ0) is 18.1. The summed E-state index contributed by atoms with van der Waals surface area (Å²) in [6.45, 7) is 3.38. The van der Waals surface area contributed by atoms with Crippen LogP contribution in [0.15, 0.2) is 17.0 Å². The van der Waals surface area contributed by atoms with E-state index in [0.29, 0.717) is 0 Å². The smallest absolute Gasteiger partial charge is 0.322 e. The molecule has 1 aromatic carbocycles. The molecule has 1 aliphatic rings. The van der Waals surface area contributed by atoms with Crippen LogP contribution < -0.4 is 14.2 Å². The Morgan fingerprint density at radius 3 is 2.29 bits per heavy atom. The molecular formula is C13H16N2O8S. The van der Waals surface area contributed by atoms with Crippen molar-refractivity contribution in [2.24, 2.45) is 5.92 Å². The number of hydrogen-bond donors (Lipinski definition) is 2. The molecule has 1 aliphatic heterocycles. The van der Waals surface area contributed by atoms with Gasteiger partial charge in [-0.05, 0) is 5.92 Å². The second-order valence-corrected chi connectivity index (χ2v) is 7.08. The largest absolute Gasteiger partial charge is 0.486 e. The van der Waals surface area contributed by atoms with Crippen LogP contribution in [0.4, 0.5) is 5.69 Å². The van der Waals surface area contributed by atoms with Gasteiger partial charge in [-0.25, -0.2) is 8.42 Å². The van der Waals surface area contributed by atoms with E-state index < -0.39 is 43.5 Å². The van der Waals surface area contributed by atoms with Gasteiger partial charge in [0.15, 0.2) is 16.4 Å². The monoisotopic (exact) mass is 360 g/mol. The number of carboxylic acids is 1. The highest BCUT2D eigenvalue weighted by atomic mass is 32.2. The number of nitro benzene ring substituents is 1. The van der Waals surface area contributed by atoms with Crippen molar-refractivity contribution < 1.29 is 32.7 Å². The third-order valence-corrected chi connectivity index (χ3v) is 4.80. The van der Waals surface area contributed by atoms with Crippen molar-refractivity contribution in [2.45, 2.75) is 24.8 Å². The summed E-state index contributed by atoms with van der Waals surface area (Å²) in [7, 11) is -4.47. The SMILES string of the molecule is CC(C)[C@@H](NS(=O)(=O)c1cc2c(cc1[N+](=O)[O-])OCCO2)C(=O)O. The Balaban J connectivity index is 2.52. The van der Waals surface area contributed by atoms with Gasteiger partial charge in [0.1, 0.15) is 19.3 Å². The van der Waals surface area contributed by atoms with E-state index in [1.807, 2.05) is 4.72 Å². The zero-order valence-corrected chi connectivity index (χ0v) is 13.7. The first-order valence-electron chi connectivity index (χ1n) is 6.96. The molecule has 0 amide bonds. The summed E-state index contributed by atoms with van der Waals surface area (Å²) >= 11 is 0. The van der Waals surface area contributed by atoms with E-state index in [0.717, 1.165) is 12.1 Å². The van der Waals surface area contributed by atoms with Gasteiger partial charge in [-0.2, -0.15) is 4.72 Å². The van der Waals surface area contributed by atoms with Crippen molar-refractivity contribution in [2.75, 3.05) is 13.2 Å². The highest BCUT2D eigenvalue weighted by Crippen LogP contribution is 2.38. The van der Waals surface area contributed by atoms with Gasteiger partial charge in [-0.3, -0.25) is 14.9 Å². The number of rotatable bonds is 6. The topological polar surface area (TPSA) is 145 Å². The number of nitrogens with zero attached hydrogens (tertiary/aromatic N) is 1. The minimum absolute atomic E-state index is 0.0450. The van der Waals surface area contributed by atoms with Crippen LogP contribution in [-0.2, 0) is 14.8 Å². The number of nitrogens with one attached hydrogen (secondary N) is 1. The van der Waals surface area contributed by atoms with Gasteiger partial charge in [0.25, 0.3) is 5.69 Å². The number of sulfonamides is 1. The maximum Gasteiger partial charge on any atom is 0.322 e. The number of hydrogen-bond acceptors (Lipinski definition) is 7. The van der Waals surface area contributed by atoms with Gasteiger partial charge in [-0.15, -0.1) is 0 Å². The lowest BCUT2D eigenvalue weighted by Gasteiger charge is -2.21. The lowest BCUT2D eigenvalue weighted by molar-refractivity contribution is -0.388. The van der Waals surface area contributed by atoms with Crippen LogP contribution in [0.3, 0.4) is 0 Å². The summed E-state index contributed by atoms with van der Waals surface area (Å²) in [5.74, 6) is -1.84. The predicted octanol–water partition coefficient (Wildman–Crippen LogP) is 0.753. The molecule has 0 unspecified atom stereocenters. The molecule has 0 bridgehead atoms. The van der Waals surface area contributed by atoms with Crippen LogP contribution in [0.2, 0.25) is 0 Å². The summed E-state index contributed by atoms with van der Waals surface area (Å²) in [5.41, 5.74) is -0.723. The Morgan fingerprint density at radius 1 is 1.29 bits per heavy atom. The molecule has 11 heteroatoms. The molecule has 0 aliphatic carbocycles. The third-order valence-electron chi connectivity index (χ3n) is 3.32. The van der Waals surface area contributed by atoms with Gasteiger partial charge in [0, 0.05) is 6.07 Å². The van der Waals surface area contributed by atoms with Crippen LogP contribution in [0.5, 0.6) is 11.5 Å². The molecule has 1 heterocycles. The number of nitro groups is 1. The molecule has 2 N–H and O–H groups in total. The highest BCUT2D eigenvalue weighted by Gasteiger charge is 2.34. The summed E-state index contributed by atoms with van der Waals surface area (Å²) in [4.78, 5) is 20.9. The Hall–Kier alpha value is -2.40. The van der Waals surface area contributed by atoms with E-state index in [2.05, 4.69) is 0 Å². The summed E-state index contributed by atoms with van der Waals surface area (Å²) in [6.07, 6.45) is 0. The number of benzene rings is 1. The van der Waals surface area contributed by atoms with E-state index in [1.165, 1.54) is 13.8 Å². The minimum Gasteiger partial charge on any atom is -0.486 e. The molecule has 1 atom stereocenters. The summed E-state index contributed by atoms with van der Waals surface area (Å²) in [5, 5.41) is 20.3. The molecule has 0 fully saturated rings. The molecule has 2 rings (SSSR count). The van der Waals surface area contributed by atoms with E-state index in [9.17, 15) is 23.3 Å². The van der Waals surface area contributed by atoms with E-state index in [4.69, 9.17) is 14.6 Å². The van der Waals surface area contributed by atoms with Crippen molar-refractivity contribution >= 4 is 21.7 Å². The van der Waals surface area contributed by atoms with Crippen molar-refractivity contribution in [1.82, 2.24) is 4.72 Å². The number of carbonyl (C=O) groups is 1. The molecule has 1 aromatic rings. The number of ether oxygens (including phenoxy) is 2. The Kier molecular flexibility index (Phi) is 4.94. The van der Waals surface area contributed by atoms with Crippen molar-refractivity contribution in [3.8, 4) is 11.5 Å². The molecule has 0 saturated heterocycles. The quantitative estimate of drug-likeness (QED) is 0.558. The van der Waals surface area contributed by atoms with Gasteiger partial charge in [0.05, 0.1) is 11.0 Å². The first-order chi connectivity index (χ1) is 11.1. The highest BCUT2D eigenvalue weighted by molar-refractivity contribution is 7.89. The van der Waals surface area contributed by atoms with Crippen LogP contribution >= 0.6 is 0 Å². The van der Waals surface area contributed by atoms with Crippen molar-refractivity contribution in [1.29, 1.82) is 0 Å². The van der Waals surface area contributed by atoms with E-state index in [1.54, 1.807) is 0 Å². The first-order valence-corrected chi connectivity index (χ1v) is 8.45. The fourth-order valence-corrected chi connectivity index (χ4v) is 3.62. The fourth-order valence-electron chi connectivity index (χ4n) is 2.12. The molecule has 0 aromatic heterocycles. The number of fused-ring (bicyclic) bond motifs is 1. The molecule has 132 valence electrons. The maximum atomic E-state index is 12.5. The van der Waals surface area contributed by atoms with E-state index >= 15 is 0 Å². The normalized spacial score (nSPS) is 15.1. The predicted molar refractivity (Wildman–Crippen MR) is 80.7 cm³/mol. The average molecular weight is 360 g/mol. The second kappa shape index (κ2) is 6.61. The van der Waals surface area contributed by atoms with Gasteiger partial charge in [0.2, 0.25) is 10.0 Å². The Labute approximate surface area is 137 Å². The number of carboxylic acid groups (broad SMARTS) is 1. The molecule has 10 nitrogen and oxygen atoms in total. The maximum absolute atomic E-state index is 12.5. The van der Waals surface area contributed by atoms with Gasteiger partial charge in [-0.1, -0.05) is 13.8 Å². The molecule has 0 spiro atoms. The minimum atomic E-state index is -4.47. The third kappa shape index (κ3) is 3.57. The summed E-state index contributed by atoms with van der Waals surface area (Å²) in [6, 6.07) is 0.491. The Bertz CT molecular complexity index is 774. The van der Waals surface area contributed by atoms with Crippen molar-refractivity contribution in [3.05, 3.63) is 22.2 Å². The lowest BCUT2D eigenvalue weighted by Crippen LogP contribution is -2.44. The van der Waals surface area contributed by atoms with Crippen LogP contribution in [0.25, 0.3) is 0 Å². The van der Waals surface area contributed by atoms with Crippen LogP contribution in [0.1, 0.15) is 13.8 Å². The first kappa shape index (κ1) is 17.9. The molecule has 0 saturated carbocycles. The number of aliphatic carboxylic acids is 1. The van der Waals surface area contributed by atoms with Crippen molar-refractivity contribution in [3.63, 3.8) is 0 Å².